The molecule has 4 saturated heterocycles. The van der Waals surface area contributed by atoms with Gasteiger partial charge in [-0.05, 0) is 105 Å². The molecular formula is C51H58N8O9. The lowest BCUT2D eigenvalue weighted by Crippen LogP contribution is -2.54. The molecule has 3 aromatic carbocycles. The molecule has 1 unspecified atom stereocenters. The van der Waals surface area contributed by atoms with Crippen LogP contribution in [0, 0.1) is 11.8 Å². The number of aliphatic hydroxyl groups is 1. The highest BCUT2D eigenvalue weighted by Crippen LogP contribution is 2.34. The van der Waals surface area contributed by atoms with Crippen molar-refractivity contribution in [3.05, 3.63) is 100 Å². The van der Waals surface area contributed by atoms with Crippen molar-refractivity contribution in [3.63, 3.8) is 0 Å². The topological polar surface area (TPSA) is 212 Å². The number of nitrogens with zero attached hydrogens (tertiary/aromatic N) is 6. The molecule has 2 atom stereocenters. The van der Waals surface area contributed by atoms with E-state index in [-0.39, 0.29) is 65.6 Å². The van der Waals surface area contributed by atoms with Crippen molar-refractivity contribution in [1.82, 2.24) is 29.6 Å². The van der Waals surface area contributed by atoms with Gasteiger partial charge < -0.3 is 25.1 Å². The van der Waals surface area contributed by atoms with Crippen molar-refractivity contribution in [1.29, 1.82) is 0 Å². The Balaban J connectivity index is 0.695. The summed E-state index contributed by atoms with van der Waals surface area (Å²) in [5.74, 6) is -1.84. The summed E-state index contributed by atoms with van der Waals surface area (Å²) in [5.41, 5.74) is 1.87. The second-order valence-corrected chi connectivity index (χ2v) is 19.3. The first-order chi connectivity index (χ1) is 32.7. The Bertz CT molecular complexity index is 2700. The standard InChI is InChI=1S/C51H58N8O9/c1-32(34-5-3-2-4-6-34)27-45(62)56-25-19-51(68,20-26-56)30-58-31-52-41-28-36(8-10-39(41)48(58)65)53-43(60)13-7-33-15-21-57(22-16-33)47(64)35-17-23-55(24-18-35)37-9-11-38-40(29-37)50(67)59(49(38)66)42-12-14-44(61)54-46(42)63/h2-6,8-11,28-29,31-33,35,42,68H,7,12-27,30H2,1H3,(H,53,60)(H,54,61,63)/t32-,42?/m1/s1. The average molecular weight is 927 g/mol. The summed E-state index contributed by atoms with van der Waals surface area (Å²) in [6.07, 6.45) is 6.58. The first-order valence-electron chi connectivity index (χ1n) is 24.0. The molecule has 4 aromatic rings. The number of likely N-dealkylation sites (tertiary alicyclic amines) is 2. The van der Waals surface area contributed by atoms with E-state index in [4.69, 9.17) is 0 Å². The zero-order valence-corrected chi connectivity index (χ0v) is 38.4. The minimum Gasteiger partial charge on any atom is -0.388 e. The van der Waals surface area contributed by atoms with Crippen LogP contribution >= 0.6 is 0 Å². The number of nitrogens with one attached hydrogen (secondary N) is 2. The summed E-state index contributed by atoms with van der Waals surface area (Å²) in [7, 11) is 0. The molecule has 356 valence electrons. The molecule has 0 radical (unpaired) electrons. The van der Waals surface area contributed by atoms with E-state index in [1.54, 1.807) is 41.3 Å². The molecule has 5 aliphatic heterocycles. The number of aromatic nitrogens is 2. The van der Waals surface area contributed by atoms with E-state index in [1.165, 1.54) is 10.9 Å². The van der Waals surface area contributed by atoms with Crippen LogP contribution in [0.1, 0.15) is 110 Å². The lowest BCUT2D eigenvalue weighted by atomic mass is 9.89. The average Bonchev–Trinajstić information content (AvgIpc) is 3.59. The lowest BCUT2D eigenvalue weighted by Gasteiger charge is -2.38. The van der Waals surface area contributed by atoms with Crippen molar-refractivity contribution in [2.24, 2.45) is 11.8 Å². The number of carbonyl (C=O) groups is 7. The zero-order valence-electron chi connectivity index (χ0n) is 38.4. The van der Waals surface area contributed by atoms with E-state index < -0.39 is 35.3 Å². The van der Waals surface area contributed by atoms with Gasteiger partial charge in [-0.15, -0.1) is 0 Å². The first-order valence-corrected chi connectivity index (χ1v) is 24.0. The highest BCUT2D eigenvalue weighted by Gasteiger charge is 2.45. The van der Waals surface area contributed by atoms with E-state index in [1.807, 2.05) is 42.2 Å². The third-order valence-corrected chi connectivity index (χ3v) is 14.8. The normalized spacial score (nSPS) is 20.6. The smallest absolute Gasteiger partial charge is 0.262 e. The van der Waals surface area contributed by atoms with Gasteiger partial charge in [0.1, 0.15) is 6.04 Å². The number of rotatable bonds is 12. The fraction of sp³-hybridized carbons (Fsp3) is 0.471. The largest absolute Gasteiger partial charge is 0.388 e. The highest BCUT2D eigenvalue weighted by atomic mass is 16.3. The molecule has 1 aromatic heterocycles. The maximum atomic E-state index is 13.6. The molecule has 5 aliphatic rings. The van der Waals surface area contributed by atoms with Crippen LogP contribution in [-0.2, 0) is 30.5 Å². The Morgan fingerprint density at radius 1 is 0.824 bits per heavy atom. The van der Waals surface area contributed by atoms with Gasteiger partial charge >= 0.3 is 0 Å². The predicted octanol–water partition coefficient (Wildman–Crippen LogP) is 4.22. The highest BCUT2D eigenvalue weighted by molar-refractivity contribution is 6.23. The Kier molecular flexibility index (Phi) is 13.3. The van der Waals surface area contributed by atoms with Gasteiger partial charge in [0.2, 0.25) is 29.5 Å². The molecule has 0 bridgehead atoms. The molecule has 9 rings (SSSR count). The van der Waals surface area contributed by atoms with Crippen molar-refractivity contribution in [2.75, 3.05) is 49.5 Å². The number of hydrogen-bond acceptors (Lipinski definition) is 11. The van der Waals surface area contributed by atoms with Gasteiger partial charge in [-0.25, -0.2) is 4.98 Å². The quantitative estimate of drug-likeness (QED) is 0.171. The minimum atomic E-state index is -1.16. The monoisotopic (exact) mass is 926 g/mol. The summed E-state index contributed by atoms with van der Waals surface area (Å²) in [5, 5.41) is 17.0. The number of piperidine rings is 4. The second-order valence-electron chi connectivity index (χ2n) is 19.3. The fourth-order valence-corrected chi connectivity index (χ4v) is 10.6. The minimum absolute atomic E-state index is 0.0544. The van der Waals surface area contributed by atoms with Gasteiger partial charge in [-0.2, -0.15) is 0 Å². The summed E-state index contributed by atoms with van der Waals surface area (Å²) in [6.45, 7) is 5.40. The van der Waals surface area contributed by atoms with Crippen LogP contribution in [-0.4, -0.2) is 122 Å². The van der Waals surface area contributed by atoms with Crippen LogP contribution in [0.25, 0.3) is 10.9 Å². The number of anilines is 2. The molecule has 17 nitrogen and oxygen atoms in total. The Labute approximate surface area is 393 Å². The summed E-state index contributed by atoms with van der Waals surface area (Å²) in [4.78, 5) is 115. The van der Waals surface area contributed by atoms with Gasteiger partial charge in [0.25, 0.3) is 17.4 Å². The van der Waals surface area contributed by atoms with Crippen LogP contribution in [0.15, 0.2) is 77.9 Å². The summed E-state index contributed by atoms with van der Waals surface area (Å²) in [6, 6.07) is 19.0. The Hall–Kier alpha value is -6.75. The molecule has 3 N–H and O–H groups in total. The number of benzene rings is 3. The van der Waals surface area contributed by atoms with Crippen molar-refractivity contribution in [2.45, 2.75) is 102 Å². The van der Waals surface area contributed by atoms with Crippen LogP contribution in [0.2, 0.25) is 0 Å². The lowest BCUT2D eigenvalue weighted by molar-refractivity contribution is -0.138. The second kappa shape index (κ2) is 19.5. The first kappa shape index (κ1) is 46.4. The van der Waals surface area contributed by atoms with Crippen molar-refractivity contribution < 1.29 is 38.7 Å². The van der Waals surface area contributed by atoms with Crippen LogP contribution in [0.5, 0.6) is 0 Å². The maximum Gasteiger partial charge on any atom is 0.262 e. The Morgan fingerprint density at radius 3 is 2.26 bits per heavy atom. The zero-order chi connectivity index (χ0) is 47.7. The molecule has 17 heteroatoms. The van der Waals surface area contributed by atoms with Crippen molar-refractivity contribution >= 4 is 63.6 Å². The van der Waals surface area contributed by atoms with Gasteiger partial charge in [-0.1, -0.05) is 37.3 Å². The van der Waals surface area contributed by atoms with E-state index in [0.717, 1.165) is 29.0 Å². The van der Waals surface area contributed by atoms with E-state index >= 15 is 0 Å². The maximum absolute atomic E-state index is 13.6. The molecule has 0 aliphatic carbocycles. The van der Waals surface area contributed by atoms with E-state index in [9.17, 15) is 43.5 Å². The fourth-order valence-electron chi connectivity index (χ4n) is 10.6. The number of imide groups is 2. The third-order valence-electron chi connectivity index (χ3n) is 14.8. The SMILES string of the molecule is C[C@H](CC(=O)N1CCC(O)(Cn2cnc3cc(NC(=O)CCC4CCN(C(=O)C5CCN(c6ccc7c(c6)C(=O)N(C6CCC(=O)NC6=O)C7=O)CC5)CC4)ccc3c2=O)CC1)c1ccccc1. The number of carbonyl (C=O) groups excluding carboxylic acids is 7. The van der Waals surface area contributed by atoms with Gasteiger partial charge in [-0.3, -0.25) is 53.1 Å². The van der Waals surface area contributed by atoms with E-state index in [0.29, 0.717) is 107 Å². The van der Waals surface area contributed by atoms with Crippen LogP contribution in [0.4, 0.5) is 11.4 Å². The van der Waals surface area contributed by atoms with Gasteiger partial charge in [0.05, 0.1) is 40.5 Å². The molecule has 68 heavy (non-hydrogen) atoms. The molecule has 0 spiro atoms. The summed E-state index contributed by atoms with van der Waals surface area (Å²) >= 11 is 0. The van der Waals surface area contributed by atoms with Gasteiger partial charge in [0.15, 0.2) is 0 Å². The van der Waals surface area contributed by atoms with Crippen LogP contribution in [0.3, 0.4) is 0 Å². The molecular weight excluding hydrogens is 869 g/mol. The molecule has 4 fully saturated rings. The molecule has 7 amide bonds. The predicted molar refractivity (Wildman–Crippen MR) is 251 cm³/mol. The summed E-state index contributed by atoms with van der Waals surface area (Å²) < 4.78 is 1.42. The van der Waals surface area contributed by atoms with Crippen LogP contribution < -0.4 is 21.1 Å². The third kappa shape index (κ3) is 9.80. The molecule has 0 saturated carbocycles. The number of amides is 7. The Morgan fingerprint density at radius 2 is 1.54 bits per heavy atom. The van der Waals surface area contributed by atoms with Gasteiger partial charge in [0, 0.05) is 75.8 Å². The van der Waals surface area contributed by atoms with E-state index in [2.05, 4.69) is 20.5 Å². The molecule has 6 heterocycles. The number of hydrogen-bond donors (Lipinski definition) is 3. The van der Waals surface area contributed by atoms with Crippen molar-refractivity contribution in [3.8, 4) is 0 Å². The number of fused-ring (bicyclic) bond motifs is 2.